The maximum atomic E-state index is 12.2. The second-order valence-corrected chi connectivity index (χ2v) is 6.27. The number of carbonyl (C=O) groups excluding carboxylic acids is 1. The molecule has 1 amide bonds. The van der Waals surface area contributed by atoms with E-state index in [1.165, 1.54) is 5.56 Å². The second kappa shape index (κ2) is 10.5. The quantitative estimate of drug-likeness (QED) is 0.671. The summed E-state index contributed by atoms with van der Waals surface area (Å²) in [6.45, 7) is 9.32. The SMILES string of the molecule is CCOc1ccc([C@H](C)NC(=O)CCOc2ccc(C)cc2)cc1OCC. The average Bonchev–Trinajstić information content (AvgIpc) is 2.65. The van der Waals surface area contributed by atoms with E-state index in [9.17, 15) is 4.79 Å². The van der Waals surface area contributed by atoms with Crippen molar-refractivity contribution in [3.05, 3.63) is 53.6 Å². The van der Waals surface area contributed by atoms with E-state index in [1.807, 2.05) is 70.2 Å². The molecule has 5 heteroatoms. The van der Waals surface area contributed by atoms with Crippen molar-refractivity contribution in [3.8, 4) is 17.2 Å². The minimum Gasteiger partial charge on any atom is -0.493 e. The van der Waals surface area contributed by atoms with Gasteiger partial charge < -0.3 is 19.5 Å². The van der Waals surface area contributed by atoms with Gasteiger partial charge in [-0.05, 0) is 57.5 Å². The van der Waals surface area contributed by atoms with E-state index in [0.717, 1.165) is 11.3 Å². The first kappa shape index (κ1) is 20.6. The number of ether oxygens (including phenoxy) is 3. The lowest BCUT2D eigenvalue weighted by Crippen LogP contribution is -2.27. The van der Waals surface area contributed by atoms with Gasteiger partial charge in [0.25, 0.3) is 0 Å². The molecule has 2 aromatic carbocycles. The largest absolute Gasteiger partial charge is 0.493 e. The van der Waals surface area contributed by atoms with Crippen molar-refractivity contribution in [1.82, 2.24) is 5.32 Å². The molecule has 0 aliphatic rings. The van der Waals surface area contributed by atoms with Crippen LogP contribution in [0.2, 0.25) is 0 Å². The summed E-state index contributed by atoms with van der Waals surface area (Å²) >= 11 is 0. The minimum atomic E-state index is -0.133. The number of aryl methyl sites for hydroxylation is 1. The molecule has 0 aliphatic carbocycles. The zero-order valence-electron chi connectivity index (χ0n) is 16.6. The molecule has 27 heavy (non-hydrogen) atoms. The Morgan fingerprint density at radius 3 is 2.30 bits per heavy atom. The van der Waals surface area contributed by atoms with Gasteiger partial charge in [-0.2, -0.15) is 0 Å². The maximum Gasteiger partial charge on any atom is 0.223 e. The fraction of sp³-hybridized carbons (Fsp3) is 0.409. The number of amides is 1. The number of nitrogens with one attached hydrogen (secondary N) is 1. The highest BCUT2D eigenvalue weighted by atomic mass is 16.5. The second-order valence-electron chi connectivity index (χ2n) is 6.27. The third-order valence-corrected chi connectivity index (χ3v) is 4.06. The maximum absolute atomic E-state index is 12.2. The monoisotopic (exact) mass is 371 g/mol. The zero-order chi connectivity index (χ0) is 19.6. The predicted octanol–water partition coefficient (Wildman–Crippen LogP) is 4.44. The first-order valence-electron chi connectivity index (χ1n) is 9.41. The van der Waals surface area contributed by atoms with Crippen LogP contribution >= 0.6 is 0 Å². The minimum absolute atomic E-state index is 0.0542. The summed E-state index contributed by atoms with van der Waals surface area (Å²) in [6.07, 6.45) is 0.299. The van der Waals surface area contributed by atoms with Gasteiger partial charge in [0.15, 0.2) is 11.5 Å². The van der Waals surface area contributed by atoms with Gasteiger partial charge in [-0.3, -0.25) is 4.79 Å². The Hall–Kier alpha value is -2.69. The van der Waals surface area contributed by atoms with Crippen LogP contribution in [0.25, 0.3) is 0 Å². The molecule has 0 saturated carbocycles. The van der Waals surface area contributed by atoms with Crippen molar-refractivity contribution in [1.29, 1.82) is 0 Å². The Balaban J connectivity index is 1.87. The van der Waals surface area contributed by atoms with Crippen LogP contribution in [0, 0.1) is 6.92 Å². The van der Waals surface area contributed by atoms with E-state index in [1.54, 1.807) is 0 Å². The molecule has 146 valence electrons. The molecule has 0 fully saturated rings. The van der Waals surface area contributed by atoms with Gasteiger partial charge in [-0.15, -0.1) is 0 Å². The highest BCUT2D eigenvalue weighted by Gasteiger charge is 2.13. The molecule has 0 saturated heterocycles. The molecule has 5 nitrogen and oxygen atoms in total. The van der Waals surface area contributed by atoms with Gasteiger partial charge in [-0.1, -0.05) is 23.8 Å². The van der Waals surface area contributed by atoms with Crippen LogP contribution in [-0.2, 0) is 4.79 Å². The standard InChI is InChI=1S/C22H29NO4/c1-5-25-20-12-9-18(15-21(20)26-6-2)17(4)23-22(24)13-14-27-19-10-7-16(3)8-11-19/h7-12,15,17H,5-6,13-14H2,1-4H3,(H,23,24)/t17-/m0/s1. The molecule has 0 radical (unpaired) electrons. The fourth-order valence-electron chi connectivity index (χ4n) is 2.63. The lowest BCUT2D eigenvalue weighted by molar-refractivity contribution is -0.122. The van der Waals surface area contributed by atoms with Crippen LogP contribution in [0.1, 0.15) is 44.4 Å². The number of benzene rings is 2. The molecule has 0 aromatic heterocycles. The molecule has 1 N–H and O–H groups in total. The van der Waals surface area contributed by atoms with Gasteiger partial charge >= 0.3 is 0 Å². The van der Waals surface area contributed by atoms with E-state index in [2.05, 4.69) is 5.32 Å². The van der Waals surface area contributed by atoms with E-state index < -0.39 is 0 Å². The first-order chi connectivity index (χ1) is 13.0. The summed E-state index contributed by atoms with van der Waals surface area (Å²) in [7, 11) is 0. The van der Waals surface area contributed by atoms with E-state index >= 15 is 0 Å². The highest BCUT2D eigenvalue weighted by Crippen LogP contribution is 2.30. The van der Waals surface area contributed by atoms with Crippen molar-refractivity contribution in [2.75, 3.05) is 19.8 Å². The van der Waals surface area contributed by atoms with Crippen LogP contribution in [0.5, 0.6) is 17.2 Å². The van der Waals surface area contributed by atoms with Crippen molar-refractivity contribution in [2.24, 2.45) is 0 Å². The third kappa shape index (κ3) is 6.51. The summed E-state index contributed by atoms with van der Waals surface area (Å²) in [5.74, 6) is 2.13. The van der Waals surface area contributed by atoms with Crippen LogP contribution in [0.15, 0.2) is 42.5 Å². The summed E-state index contributed by atoms with van der Waals surface area (Å²) in [5.41, 5.74) is 2.14. The number of hydrogen-bond acceptors (Lipinski definition) is 4. The van der Waals surface area contributed by atoms with Gasteiger partial charge in [0.05, 0.1) is 32.3 Å². The molecular formula is C22H29NO4. The van der Waals surface area contributed by atoms with Crippen LogP contribution in [0.3, 0.4) is 0 Å². The summed E-state index contributed by atoms with van der Waals surface area (Å²) in [6, 6.07) is 13.4. The van der Waals surface area contributed by atoms with Crippen molar-refractivity contribution >= 4 is 5.91 Å². The Morgan fingerprint density at radius 2 is 1.63 bits per heavy atom. The molecule has 2 rings (SSSR count). The predicted molar refractivity (Wildman–Crippen MR) is 107 cm³/mol. The Bertz CT molecular complexity index is 728. The molecule has 2 aromatic rings. The van der Waals surface area contributed by atoms with Crippen molar-refractivity contribution in [2.45, 2.75) is 40.2 Å². The number of carbonyl (C=O) groups is 1. The summed E-state index contributed by atoms with van der Waals surface area (Å²) < 4.78 is 16.8. The Morgan fingerprint density at radius 1 is 0.963 bits per heavy atom. The van der Waals surface area contributed by atoms with Crippen molar-refractivity contribution in [3.63, 3.8) is 0 Å². The van der Waals surface area contributed by atoms with Crippen LogP contribution < -0.4 is 19.5 Å². The Kier molecular flexibility index (Phi) is 7.99. The molecule has 0 heterocycles. The molecule has 0 unspecified atom stereocenters. The highest BCUT2D eigenvalue weighted by molar-refractivity contribution is 5.76. The number of rotatable bonds is 10. The average molecular weight is 371 g/mol. The normalized spacial score (nSPS) is 11.6. The van der Waals surface area contributed by atoms with Gasteiger partial charge in [0.1, 0.15) is 5.75 Å². The van der Waals surface area contributed by atoms with Gasteiger partial charge in [-0.25, -0.2) is 0 Å². The molecule has 0 bridgehead atoms. The van der Waals surface area contributed by atoms with Crippen LogP contribution in [-0.4, -0.2) is 25.7 Å². The lowest BCUT2D eigenvalue weighted by atomic mass is 10.1. The van der Waals surface area contributed by atoms with Crippen molar-refractivity contribution < 1.29 is 19.0 Å². The van der Waals surface area contributed by atoms with E-state index in [4.69, 9.17) is 14.2 Å². The molecule has 0 aliphatic heterocycles. The summed E-state index contributed by atoms with van der Waals surface area (Å²) in [4.78, 5) is 12.2. The first-order valence-corrected chi connectivity index (χ1v) is 9.41. The molecule has 1 atom stereocenters. The van der Waals surface area contributed by atoms with E-state index in [-0.39, 0.29) is 11.9 Å². The van der Waals surface area contributed by atoms with E-state index in [0.29, 0.717) is 37.7 Å². The third-order valence-electron chi connectivity index (χ3n) is 4.06. The zero-order valence-corrected chi connectivity index (χ0v) is 16.6. The fourth-order valence-corrected chi connectivity index (χ4v) is 2.63. The van der Waals surface area contributed by atoms with Crippen LogP contribution in [0.4, 0.5) is 0 Å². The lowest BCUT2D eigenvalue weighted by Gasteiger charge is -2.17. The van der Waals surface area contributed by atoms with Gasteiger partial charge in [0.2, 0.25) is 5.91 Å². The number of hydrogen-bond donors (Lipinski definition) is 1. The Labute approximate surface area is 161 Å². The smallest absolute Gasteiger partial charge is 0.223 e. The molecule has 0 spiro atoms. The summed E-state index contributed by atoms with van der Waals surface area (Å²) in [5, 5.41) is 3.00. The topological polar surface area (TPSA) is 56.8 Å². The molecular weight excluding hydrogens is 342 g/mol. The van der Waals surface area contributed by atoms with Gasteiger partial charge in [0, 0.05) is 0 Å².